The molecule has 1 unspecified atom stereocenters. The highest BCUT2D eigenvalue weighted by Crippen LogP contribution is 2.25. The molecule has 1 N–H and O–H groups in total. The number of aromatic nitrogens is 2. The Bertz CT molecular complexity index is 830. The second-order valence-electron chi connectivity index (χ2n) is 6.23. The minimum atomic E-state index is -0.228. The minimum Gasteiger partial charge on any atom is -0.367 e. The number of nitrogens with one attached hydrogen (secondary N) is 1. The molecular formula is C20H20FN3O. The fraction of sp³-hybridized carbons (Fsp3) is 0.250. The Morgan fingerprint density at radius 3 is 2.72 bits per heavy atom. The Morgan fingerprint density at radius 1 is 1.12 bits per heavy atom. The monoisotopic (exact) mass is 337 g/mol. The number of nitrogens with zero attached hydrogens (tertiary/aromatic N) is 2. The summed E-state index contributed by atoms with van der Waals surface area (Å²) in [5.41, 5.74) is 3.23. The summed E-state index contributed by atoms with van der Waals surface area (Å²) in [7, 11) is 0. The van der Waals surface area contributed by atoms with Crippen molar-refractivity contribution in [2.75, 3.05) is 6.54 Å². The molecule has 0 amide bonds. The van der Waals surface area contributed by atoms with Crippen LogP contribution in [-0.2, 0) is 24.4 Å². The SMILES string of the molecule is Fc1ccc(-c2cnc3n2CC(CNCc2ccccc2)OC3)cc1. The standard InChI is InChI=1S/C20H20FN3O/c21-17-8-6-16(7-9-17)19-12-23-20-14-25-18(13-24(19)20)11-22-10-15-4-2-1-3-5-15/h1-9,12,18,22H,10-11,13-14H2. The van der Waals surface area contributed by atoms with Gasteiger partial charge in [0.15, 0.2) is 0 Å². The molecule has 0 saturated carbocycles. The highest BCUT2D eigenvalue weighted by Gasteiger charge is 2.22. The Balaban J connectivity index is 1.42. The predicted molar refractivity (Wildman–Crippen MR) is 94.3 cm³/mol. The van der Waals surface area contributed by atoms with Crippen molar-refractivity contribution in [3.8, 4) is 11.3 Å². The van der Waals surface area contributed by atoms with Gasteiger partial charge in [0.25, 0.3) is 0 Å². The molecule has 0 bridgehead atoms. The molecule has 5 heteroatoms. The molecule has 0 saturated heterocycles. The van der Waals surface area contributed by atoms with Crippen molar-refractivity contribution in [3.05, 3.63) is 78.0 Å². The summed E-state index contributed by atoms with van der Waals surface area (Å²) in [5.74, 6) is 0.687. The molecule has 0 spiro atoms. The van der Waals surface area contributed by atoms with E-state index in [9.17, 15) is 4.39 Å². The highest BCUT2D eigenvalue weighted by atomic mass is 19.1. The Kier molecular flexibility index (Phi) is 4.59. The van der Waals surface area contributed by atoms with E-state index in [1.807, 2.05) is 24.4 Å². The first kappa shape index (κ1) is 16.0. The number of benzene rings is 2. The van der Waals surface area contributed by atoms with Gasteiger partial charge in [-0.05, 0) is 35.4 Å². The van der Waals surface area contributed by atoms with Gasteiger partial charge in [-0.3, -0.25) is 0 Å². The van der Waals surface area contributed by atoms with Crippen molar-refractivity contribution in [3.63, 3.8) is 0 Å². The number of ether oxygens (including phenoxy) is 1. The molecule has 3 aromatic rings. The zero-order valence-electron chi connectivity index (χ0n) is 13.9. The Hall–Kier alpha value is -2.50. The minimum absolute atomic E-state index is 0.0876. The zero-order valence-corrected chi connectivity index (χ0v) is 13.9. The molecule has 25 heavy (non-hydrogen) atoms. The fourth-order valence-electron chi connectivity index (χ4n) is 3.13. The van der Waals surface area contributed by atoms with Crippen LogP contribution < -0.4 is 5.32 Å². The Labute approximate surface area is 146 Å². The van der Waals surface area contributed by atoms with Crippen LogP contribution in [0.15, 0.2) is 60.8 Å². The number of fused-ring (bicyclic) bond motifs is 1. The van der Waals surface area contributed by atoms with E-state index in [-0.39, 0.29) is 11.9 Å². The zero-order chi connectivity index (χ0) is 17.1. The predicted octanol–water partition coefficient (Wildman–Crippen LogP) is 3.38. The largest absolute Gasteiger partial charge is 0.367 e. The average molecular weight is 337 g/mol. The molecule has 128 valence electrons. The number of halogens is 1. The normalized spacial score (nSPS) is 16.6. The summed E-state index contributed by atoms with van der Waals surface area (Å²) in [5, 5.41) is 3.45. The van der Waals surface area contributed by atoms with Crippen LogP contribution in [0.25, 0.3) is 11.3 Å². The van der Waals surface area contributed by atoms with Crippen LogP contribution in [0.4, 0.5) is 4.39 Å². The summed E-state index contributed by atoms with van der Waals surface area (Å²) in [6, 6.07) is 16.9. The maximum absolute atomic E-state index is 13.2. The summed E-state index contributed by atoms with van der Waals surface area (Å²) in [4.78, 5) is 4.44. The van der Waals surface area contributed by atoms with Crippen LogP contribution in [-0.4, -0.2) is 22.2 Å². The van der Waals surface area contributed by atoms with Crippen molar-refractivity contribution in [1.82, 2.24) is 14.9 Å². The van der Waals surface area contributed by atoms with E-state index in [1.165, 1.54) is 17.7 Å². The van der Waals surface area contributed by atoms with Crippen molar-refractivity contribution in [2.45, 2.75) is 25.8 Å². The summed E-state index contributed by atoms with van der Waals surface area (Å²) in [6.07, 6.45) is 1.93. The lowest BCUT2D eigenvalue weighted by atomic mass is 10.1. The van der Waals surface area contributed by atoms with E-state index in [2.05, 4.69) is 27.0 Å². The number of hydrogen-bond donors (Lipinski definition) is 1. The number of hydrogen-bond acceptors (Lipinski definition) is 3. The van der Waals surface area contributed by atoms with Gasteiger partial charge in [0.2, 0.25) is 0 Å². The molecule has 0 radical (unpaired) electrons. The molecule has 2 aromatic carbocycles. The highest BCUT2D eigenvalue weighted by molar-refractivity contribution is 5.59. The van der Waals surface area contributed by atoms with Gasteiger partial charge in [0.1, 0.15) is 18.2 Å². The molecule has 4 rings (SSSR count). The van der Waals surface area contributed by atoms with Crippen molar-refractivity contribution < 1.29 is 9.13 Å². The first-order valence-electron chi connectivity index (χ1n) is 8.46. The lowest BCUT2D eigenvalue weighted by Gasteiger charge is -2.26. The topological polar surface area (TPSA) is 39.1 Å². The Morgan fingerprint density at radius 2 is 1.92 bits per heavy atom. The number of rotatable bonds is 5. The quantitative estimate of drug-likeness (QED) is 0.776. The van der Waals surface area contributed by atoms with E-state index >= 15 is 0 Å². The van der Waals surface area contributed by atoms with Gasteiger partial charge in [-0.2, -0.15) is 0 Å². The second-order valence-corrected chi connectivity index (χ2v) is 6.23. The molecule has 1 aliphatic heterocycles. The van der Waals surface area contributed by atoms with E-state index in [4.69, 9.17) is 4.74 Å². The molecule has 4 nitrogen and oxygen atoms in total. The summed E-state index contributed by atoms with van der Waals surface area (Å²) in [6.45, 7) is 2.83. The number of imidazole rings is 1. The molecule has 1 aromatic heterocycles. The van der Waals surface area contributed by atoms with Gasteiger partial charge in [0, 0.05) is 13.1 Å². The average Bonchev–Trinajstić information content (AvgIpc) is 3.07. The van der Waals surface area contributed by atoms with E-state index in [0.717, 1.165) is 36.7 Å². The third kappa shape index (κ3) is 3.62. The molecule has 1 atom stereocenters. The van der Waals surface area contributed by atoms with Gasteiger partial charge < -0.3 is 14.6 Å². The van der Waals surface area contributed by atoms with Crippen molar-refractivity contribution in [2.24, 2.45) is 0 Å². The molecule has 0 aliphatic carbocycles. The maximum Gasteiger partial charge on any atom is 0.135 e. The van der Waals surface area contributed by atoms with Gasteiger partial charge >= 0.3 is 0 Å². The van der Waals surface area contributed by atoms with Crippen LogP contribution >= 0.6 is 0 Å². The molecule has 0 fully saturated rings. The van der Waals surface area contributed by atoms with E-state index < -0.39 is 0 Å². The lowest BCUT2D eigenvalue weighted by molar-refractivity contribution is 0.00326. The summed E-state index contributed by atoms with van der Waals surface area (Å²) < 4.78 is 21.2. The lowest BCUT2D eigenvalue weighted by Crippen LogP contribution is -2.36. The van der Waals surface area contributed by atoms with Gasteiger partial charge in [-0.15, -0.1) is 0 Å². The van der Waals surface area contributed by atoms with E-state index in [1.54, 1.807) is 12.1 Å². The van der Waals surface area contributed by atoms with E-state index in [0.29, 0.717) is 6.61 Å². The third-order valence-electron chi connectivity index (χ3n) is 4.46. The summed E-state index contributed by atoms with van der Waals surface area (Å²) >= 11 is 0. The van der Waals surface area contributed by atoms with Crippen LogP contribution in [0.1, 0.15) is 11.4 Å². The van der Waals surface area contributed by atoms with Gasteiger partial charge in [0.05, 0.1) is 24.5 Å². The first-order valence-corrected chi connectivity index (χ1v) is 8.46. The van der Waals surface area contributed by atoms with Crippen LogP contribution in [0.3, 0.4) is 0 Å². The third-order valence-corrected chi connectivity index (χ3v) is 4.46. The molecule has 1 aliphatic rings. The first-order chi connectivity index (χ1) is 12.3. The maximum atomic E-state index is 13.2. The fourth-order valence-corrected chi connectivity index (χ4v) is 3.13. The van der Waals surface area contributed by atoms with Crippen LogP contribution in [0.2, 0.25) is 0 Å². The van der Waals surface area contributed by atoms with Gasteiger partial charge in [-0.25, -0.2) is 9.37 Å². The van der Waals surface area contributed by atoms with Crippen molar-refractivity contribution in [1.29, 1.82) is 0 Å². The van der Waals surface area contributed by atoms with Crippen LogP contribution in [0.5, 0.6) is 0 Å². The van der Waals surface area contributed by atoms with Crippen molar-refractivity contribution >= 4 is 0 Å². The van der Waals surface area contributed by atoms with Crippen LogP contribution in [0, 0.1) is 5.82 Å². The second kappa shape index (κ2) is 7.17. The molecule has 2 heterocycles. The smallest absolute Gasteiger partial charge is 0.135 e. The molecular weight excluding hydrogens is 317 g/mol. The van der Waals surface area contributed by atoms with Gasteiger partial charge in [-0.1, -0.05) is 30.3 Å².